The average molecular weight is 313 g/mol. The first-order valence-electron chi connectivity index (χ1n) is 6.48. The monoisotopic (exact) mass is 312 g/mol. The number of carbonyl (C=O) groups is 1. The van der Waals surface area contributed by atoms with Crippen molar-refractivity contribution in [2.45, 2.75) is 32.9 Å². The van der Waals surface area contributed by atoms with Gasteiger partial charge in [0.2, 0.25) is 5.91 Å². The van der Waals surface area contributed by atoms with Crippen LogP contribution in [0.15, 0.2) is 29.0 Å². The van der Waals surface area contributed by atoms with Crippen molar-refractivity contribution >= 4 is 28.8 Å². The maximum absolute atomic E-state index is 12.1. The molecule has 0 bridgehead atoms. The minimum atomic E-state index is -0.121. The van der Waals surface area contributed by atoms with Crippen LogP contribution in [0.2, 0.25) is 0 Å². The maximum atomic E-state index is 12.1. The van der Waals surface area contributed by atoms with E-state index < -0.39 is 0 Å². The van der Waals surface area contributed by atoms with Crippen LogP contribution in [0.3, 0.4) is 0 Å². The Morgan fingerprint density at radius 1 is 1.60 bits per heavy atom. The standard InChI is InChI=1S/C14H17ClN2O2S/c1-3-12-8-16-14(20-12)10(2)17(13(18)7-15)9-11-5-4-6-19-11/h4-6,8,10H,3,7,9H2,1-2H3. The van der Waals surface area contributed by atoms with Crippen molar-refractivity contribution in [2.24, 2.45) is 0 Å². The Balaban J connectivity index is 2.19. The number of thiazole rings is 1. The van der Waals surface area contributed by atoms with Crippen molar-refractivity contribution in [3.05, 3.63) is 40.2 Å². The summed E-state index contributed by atoms with van der Waals surface area (Å²) in [5.41, 5.74) is 0. The highest BCUT2D eigenvalue weighted by atomic mass is 35.5. The summed E-state index contributed by atoms with van der Waals surface area (Å²) in [6, 6.07) is 3.54. The summed E-state index contributed by atoms with van der Waals surface area (Å²) in [6.45, 7) is 4.46. The number of furan rings is 1. The first-order valence-corrected chi connectivity index (χ1v) is 7.83. The number of nitrogens with zero attached hydrogens (tertiary/aromatic N) is 2. The summed E-state index contributed by atoms with van der Waals surface area (Å²) in [4.78, 5) is 19.4. The van der Waals surface area contributed by atoms with Gasteiger partial charge in [-0.15, -0.1) is 22.9 Å². The Bertz CT molecular complexity index is 553. The number of rotatable bonds is 6. The van der Waals surface area contributed by atoms with E-state index in [4.69, 9.17) is 16.0 Å². The van der Waals surface area contributed by atoms with Crippen molar-refractivity contribution < 1.29 is 9.21 Å². The van der Waals surface area contributed by atoms with Gasteiger partial charge < -0.3 is 9.32 Å². The molecule has 2 aromatic rings. The smallest absolute Gasteiger partial charge is 0.238 e. The highest BCUT2D eigenvalue weighted by molar-refractivity contribution is 7.11. The van der Waals surface area contributed by atoms with Crippen molar-refractivity contribution in [2.75, 3.05) is 5.88 Å². The molecule has 0 saturated heterocycles. The molecule has 4 nitrogen and oxygen atoms in total. The summed E-state index contributed by atoms with van der Waals surface area (Å²) in [5.74, 6) is 0.572. The summed E-state index contributed by atoms with van der Waals surface area (Å²) in [6.07, 6.45) is 4.42. The number of hydrogen-bond donors (Lipinski definition) is 0. The van der Waals surface area contributed by atoms with Crippen molar-refractivity contribution in [1.82, 2.24) is 9.88 Å². The highest BCUT2D eigenvalue weighted by Gasteiger charge is 2.24. The number of aromatic nitrogens is 1. The fourth-order valence-corrected chi connectivity index (χ4v) is 2.98. The van der Waals surface area contributed by atoms with E-state index >= 15 is 0 Å². The molecule has 0 fully saturated rings. The van der Waals surface area contributed by atoms with E-state index in [1.807, 2.05) is 25.3 Å². The van der Waals surface area contributed by atoms with Crippen LogP contribution in [0.1, 0.15) is 35.5 Å². The first kappa shape index (κ1) is 15.1. The third-order valence-electron chi connectivity index (χ3n) is 3.09. The largest absolute Gasteiger partial charge is 0.467 e. The molecule has 0 spiro atoms. The van der Waals surface area contributed by atoms with Crippen molar-refractivity contribution in [3.63, 3.8) is 0 Å². The van der Waals surface area contributed by atoms with Crippen LogP contribution < -0.4 is 0 Å². The molecule has 1 unspecified atom stereocenters. The van der Waals surface area contributed by atoms with Gasteiger partial charge in [0.25, 0.3) is 0 Å². The number of alkyl halides is 1. The van der Waals surface area contributed by atoms with Crippen LogP contribution in [0.4, 0.5) is 0 Å². The molecular formula is C14H17ClN2O2S. The second-order valence-electron chi connectivity index (χ2n) is 4.43. The predicted molar refractivity (Wildman–Crippen MR) is 79.9 cm³/mol. The second kappa shape index (κ2) is 6.90. The van der Waals surface area contributed by atoms with Crippen LogP contribution in [-0.4, -0.2) is 21.7 Å². The lowest BCUT2D eigenvalue weighted by Crippen LogP contribution is -2.33. The normalized spacial score (nSPS) is 12.3. The van der Waals surface area contributed by atoms with Crippen LogP contribution in [-0.2, 0) is 17.8 Å². The van der Waals surface area contributed by atoms with E-state index in [0.717, 1.165) is 17.2 Å². The molecule has 2 aromatic heterocycles. The van der Waals surface area contributed by atoms with E-state index in [9.17, 15) is 4.79 Å². The molecule has 0 saturated carbocycles. The Morgan fingerprint density at radius 2 is 2.40 bits per heavy atom. The van der Waals surface area contributed by atoms with Gasteiger partial charge in [-0.05, 0) is 25.5 Å². The minimum absolute atomic E-state index is 0.0446. The van der Waals surface area contributed by atoms with Gasteiger partial charge in [0.15, 0.2) is 0 Å². The van der Waals surface area contributed by atoms with Crippen molar-refractivity contribution in [1.29, 1.82) is 0 Å². The number of carbonyl (C=O) groups excluding carboxylic acids is 1. The number of aryl methyl sites for hydroxylation is 1. The van der Waals surface area contributed by atoms with Crippen LogP contribution >= 0.6 is 22.9 Å². The van der Waals surface area contributed by atoms with E-state index in [-0.39, 0.29) is 17.8 Å². The third-order valence-corrected chi connectivity index (χ3v) is 4.63. The molecule has 108 valence electrons. The molecule has 0 aliphatic carbocycles. The van der Waals surface area contributed by atoms with Gasteiger partial charge in [0, 0.05) is 11.1 Å². The molecule has 0 aliphatic rings. The lowest BCUT2D eigenvalue weighted by molar-refractivity contribution is -0.131. The average Bonchev–Trinajstić information content (AvgIpc) is 3.14. The Labute approximate surface area is 127 Å². The van der Waals surface area contributed by atoms with Gasteiger partial charge >= 0.3 is 0 Å². The molecule has 2 rings (SSSR count). The van der Waals surface area contributed by atoms with E-state index in [2.05, 4.69) is 11.9 Å². The molecule has 6 heteroatoms. The highest BCUT2D eigenvalue weighted by Crippen LogP contribution is 2.27. The maximum Gasteiger partial charge on any atom is 0.238 e. The molecule has 0 aliphatic heterocycles. The fourth-order valence-electron chi connectivity index (χ4n) is 1.90. The van der Waals surface area contributed by atoms with E-state index in [0.29, 0.717) is 6.54 Å². The topological polar surface area (TPSA) is 46.3 Å². The number of amides is 1. The SMILES string of the molecule is CCc1cnc(C(C)N(Cc2ccco2)C(=O)CCl)s1. The van der Waals surface area contributed by atoms with Gasteiger partial charge in [-0.2, -0.15) is 0 Å². The van der Waals surface area contributed by atoms with Gasteiger partial charge in [-0.25, -0.2) is 4.98 Å². The van der Waals surface area contributed by atoms with Gasteiger partial charge in [0.1, 0.15) is 16.6 Å². The zero-order valence-corrected chi connectivity index (χ0v) is 13.1. The predicted octanol–water partition coefficient (Wildman–Crippen LogP) is 3.63. The summed E-state index contributed by atoms with van der Waals surface area (Å²) in [7, 11) is 0. The Hall–Kier alpha value is -1.33. The summed E-state index contributed by atoms with van der Waals surface area (Å²) >= 11 is 7.34. The zero-order valence-electron chi connectivity index (χ0n) is 11.5. The van der Waals surface area contributed by atoms with Crippen LogP contribution in [0.5, 0.6) is 0 Å². The fraction of sp³-hybridized carbons (Fsp3) is 0.429. The molecular weight excluding hydrogens is 296 g/mol. The third kappa shape index (κ3) is 3.41. The van der Waals surface area contributed by atoms with Crippen LogP contribution in [0.25, 0.3) is 0 Å². The summed E-state index contributed by atoms with van der Waals surface area (Å²) < 4.78 is 5.32. The zero-order chi connectivity index (χ0) is 14.5. The van der Waals surface area contributed by atoms with Gasteiger partial charge in [0.05, 0.1) is 18.8 Å². The molecule has 1 amide bonds. The quantitative estimate of drug-likeness (QED) is 0.765. The Kier molecular flexibility index (Phi) is 5.20. The van der Waals surface area contributed by atoms with E-state index in [1.165, 1.54) is 4.88 Å². The van der Waals surface area contributed by atoms with Gasteiger partial charge in [-0.3, -0.25) is 4.79 Å². The first-order chi connectivity index (χ1) is 9.65. The second-order valence-corrected chi connectivity index (χ2v) is 5.84. The van der Waals surface area contributed by atoms with Gasteiger partial charge in [-0.1, -0.05) is 6.92 Å². The number of hydrogen-bond acceptors (Lipinski definition) is 4. The van der Waals surface area contributed by atoms with E-state index in [1.54, 1.807) is 22.5 Å². The molecule has 0 radical (unpaired) electrons. The molecule has 0 N–H and O–H groups in total. The minimum Gasteiger partial charge on any atom is -0.467 e. The lowest BCUT2D eigenvalue weighted by Gasteiger charge is -2.26. The lowest BCUT2D eigenvalue weighted by atomic mass is 10.2. The Morgan fingerprint density at radius 3 is 2.95 bits per heavy atom. The van der Waals surface area contributed by atoms with Crippen molar-refractivity contribution in [3.8, 4) is 0 Å². The summed E-state index contributed by atoms with van der Waals surface area (Å²) in [5, 5.41) is 0.923. The molecule has 2 heterocycles. The molecule has 20 heavy (non-hydrogen) atoms. The number of halogens is 1. The molecule has 0 aromatic carbocycles. The molecule has 1 atom stereocenters. The van der Waals surface area contributed by atoms with Crippen LogP contribution in [0, 0.1) is 0 Å².